The van der Waals surface area contributed by atoms with Crippen molar-refractivity contribution in [1.82, 2.24) is 0 Å². The van der Waals surface area contributed by atoms with Gasteiger partial charge in [-0.05, 0) is 11.8 Å². The SMILES string of the molecule is CC(C)(CC(N)=O)CC(C)(C)C(N)=O. The largest absolute Gasteiger partial charge is 0.370 e. The predicted octanol–water partition coefficient (Wildman–Crippen LogP) is 0.790. The molecule has 0 bridgehead atoms. The maximum atomic E-state index is 11.1. The molecule has 0 heterocycles. The highest BCUT2D eigenvalue weighted by Crippen LogP contribution is 2.35. The second-order valence-electron chi connectivity index (χ2n) is 5.23. The molecule has 0 aliphatic carbocycles. The average molecular weight is 200 g/mol. The highest BCUT2D eigenvalue weighted by atomic mass is 16.1. The smallest absolute Gasteiger partial charge is 0.223 e. The molecule has 0 aromatic rings. The third-order valence-electron chi connectivity index (χ3n) is 2.24. The first-order valence-corrected chi connectivity index (χ1v) is 4.65. The van der Waals surface area contributed by atoms with Crippen molar-refractivity contribution in [2.75, 3.05) is 0 Å². The summed E-state index contributed by atoms with van der Waals surface area (Å²) in [5, 5.41) is 0. The lowest BCUT2D eigenvalue weighted by Gasteiger charge is -2.31. The molecule has 0 spiro atoms. The van der Waals surface area contributed by atoms with Gasteiger partial charge in [0.1, 0.15) is 0 Å². The quantitative estimate of drug-likeness (QED) is 0.687. The third-order valence-corrected chi connectivity index (χ3v) is 2.24. The van der Waals surface area contributed by atoms with Crippen molar-refractivity contribution in [1.29, 1.82) is 0 Å². The van der Waals surface area contributed by atoms with Gasteiger partial charge in [0.2, 0.25) is 11.8 Å². The van der Waals surface area contributed by atoms with Crippen LogP contribution in [0.25, 0.3) is 0 Å². The van der Waals surface area contributed by atoms with Gasteiger partial charge in [-0.3, -0.25) is 9.59 Å². The van der Waals surface area contributed by atoms with E-state index in [0.717, 1.165) is 0 Å². The van der Waals surface area contributed by atoms with Crippen molar-refractivity contribution in [3.63, 3.8) is 0 Å². The molecule has 0 fully saturated rings. The zero-order chi connectivity index (χ0) is 11.6. The Bertz CT molecular complexity index is 245. The number of rotatable bonds is 5. The number of amides is 2. The van der Waals surface area contributed by atoms with Gasteiger partial charge >= 0.3 is 0 Å². The summed E-state index contributed by atoms with van der Waals surface area (Å²) < 4.78 is 0. The minimum atomic E-state index is -0.598. The first-order chi connectivity index (χ1) is 6.07. The number of nitrogens with two attached hydrogens (primary N) is 2. The predicted molar refractivity (Wildman–Crippen MR) is 55.2 cm³/mol. The summed E-state index contributed by atoms with van der Waals surface area (Å²) in [4.78, 5) is 21.9. The van der Waals surface area contributed by atoms with Crippen LogP contribution in [0.1, 0.15) is 40.5 Å². The molecule has 2 amide bonds. The van der Waals surface area contributed by atoms with Crippen molar-refractivity contribution in [3.05, 3.63) is 0 Å². The fraction of sp³-hybridized carbons (Fsp3) is 0.800. The molecule has 0 rings (SSSR count). The Labute approximate surface area is 85.0 Å². The van der Waals surface area contributed by atoms with Crippen LogP contribution in [-0.4, -0.2) is 11.8 Å². The van der Waals surface area contributed by atoms with Gasteiger partial charge in [-0.2, -0.15) is 0 Å². The van der Waals surface area contributed by atoms with E-state index in [-0.39, 0.29) is 23.7 Å². The van der Waals surface area contributed by atoms with Gasteiger partial charge < -0.3 is 11.5 Å². The summed E-state index contributed by atoms with van der Waals surface area (Å²) in [6, 6.07) is 0. The summed E-state index contributed by atoms with van der Waals surface area (Å²) in [7, 11) is 0. The topological polar surface area (TPSA) is 86.2 Å². The summed E-state index contributed by atoms with van der Waals surface area (Å²) in [5.74, 6) is -0.703. The monoisotopic (exact) mass is 200 g/mol. The van der Waals surface area contributed by atoms with Crippen molar-refractivity contribution >= 4 is 11.8 Å². The van der Waals surface area contributed by atoms with Gasteiger partial charge in [-0.1, -0.05) is 27.7 Å². The summed E-state index contributed by atoms with van der Waals surface area (Å²) >= 11 is 0. The molecule has 0 aliphatic heterocycles. The van der Waals surface area contributed by atoms with Gasteiger partial charge in [-0.15, -0.1) is 0 Å². The number of primary amides is 2. The molecule has 4 nitrogen and oxygen atoms in total. The van der Waals surface area contributed by atoms with Gasteiger partial charge in [0.05, 0.1) is 0 Å². The van der Waals surface area contributed by atoms with Crippen molar-refractivity contribution in [2.24, 2.45) is 22.3 Å². The minimum absolute atomic E-state index is 0.268. The van der Waals surface area contributed by atoms with E-state index < -0.39 is 5.41 Å². The number of hydrogen-bond acceptors (Lipinski definition) is 2. The molecular weight excluding hydrogens is 180 g/mol. The first-order valence-electron chi connectivity index (χ1n) is 4.65. The normalized spacial score (nSPS) is 12.6. The van der Waals surface area contributed by atoms with E-state index in [1.807, 2.05) is 13.8 Å². The van der Waals surface area contributed by atoms with E-state index in [1.165, 1.54) is 0 Å². The molecule has 14 heavy (non-hydrogen) atoms. The maximum Gasteiger partial charge on any atom is 0.223 e. The number of hydrogen-bond donors (Lipinski definition) is 2. The Kier molecular flexibility index (Phi) is 3.68. The average Bonchev–Trinajstić information content (AvgIpc) is 1.79. The molecule has 4 heteroatoms. The van der Waals surface area contributed by atoms with E-state index in [2.05, 4.69) is 0 Å². The summed E-state index contributed by atoms with van der Waals surface area (Å²) in [6.07, 6.45) is 0.821. The Balaban J connectivity index is 4.49. The molecule has 0 unspecified atom stereocenters. The molecule has 82 valence electrons. The molecule has 0 atom stereocenters. The van der Waals surface area contributed by atoms with Gasteiger partial charge in [0, 0.05) is 11.8 Å². The van der Waals surface area contributed by atoms with Crippen molar-refractivity contribution in [3.8, 4) is 0 Å². The minimum Gasteiger partial charge on any atom is -0.370 e. The summed E-state index contributed by atoms with van der Waals surface area (Å²) in [5.41, 5.74) is 9.49. The second-order valence-corrected chi connectivity index (χ2v) is 5.23. The van der Waals surface area contributed by atoms with Gasteiger partial charge in [0.15, 0.2) is 0 Å². The van der Waals surface area contributed by atoms with Crippen LogP contribution < -0.4 is 11.5 Å². The molecule has 0 aromatic heterocycles. The standard InChI is InChI=1S/C10H20N2O2/c1-9(2,5-7(11)13)6-10(3,4)8(12)14/h5-6H2,1-4H3,(H2,11,13)(H2,12,14). The van der Waals surface area contributed by atoms with Gasteiger partial charge in [-0.25, -0.2) is 0 Å². The number of carbonyl (C=O) groups is 2. The van der Waals surface area contributed by atoms with E-state index in [9.17, 15) is 9.59 Å². The Hall–Kier alpha value is -1.06. The van der Waals surface area contributed by atoms with E-state index >= 15 is 0 Å². The highest BCUT2D eigenvalue weighted by molar-refractivity contribution is 5.80. The van der Waals surface area contributed by atoms with Crippen molar-refractivity contribution < 1.29 is 9.59 Å². The van der Waals surface area contributed by atoms with Gasteiger partial charge in [0.25, 0.3) is 0 Å². The Morgan fingerprint density at radius 2 is 1.50 bits per heavy atom. The zero-order valence-corrected chi connectivity index (χ0v) is 9.39. The van der Waals surface area contributed by atoms with E-state index in [4.69, 9.17) is 11.5 Å². The first kappa shape index (κ1) is 12.9. The van der Waals surface area contributed by atoms with Crippen molar-refractivity contribution in [2.45, 2.75) is 40.5 Å². The molecule has 0 aromatic carbocycles. The van der Waals surface area contributed by atoms with Crippen LogP contribution in [0.3, 0.4) is 0 Å². The van der Waals surface area contributed by atoms with Crippen LogP contribution in [0.2, 0.25) is 0 Å². The molecule has 0 aliphatic rings. The molecule has 4 N–H and O–H groups in total. The van der Waals surface area contributed by atoms with Crippen LogP contribution in [0, 0.1) is 10.8 Å². The lowest BCUT2D eigenvalue weighted by molar-refractivity contribution is -0.129. The summed E-state index contributed by atoms with van der Waals surface area (Å²) in [6.45, 7) is 7.36. The molecule has 0 radical (unpaired) electrons. The van der Waals surface area contributed by atoms with Crippen LogP contribution in [-0.2, 0) is 9.59 Å². The highest BCUT2D eigenvalue weighted by Gasteiger charge is 2.33. The fourth-order valence-corrected chi connectivity index (χ4v) is 1.82. The Morgan fingerprint density at radius 1 is 1.07 bits per heavy atom. The van der Waals surface area contributed by atoms with E-state index in [1.54, 1.807) is 13.8 Å². The maximum absolute atomic E-state index is 11.1. The Morgan fingerprint density at radius 3 is 1.79 bits per heavy atom. The molecule has 0 saturated carbocycles. The van der Waals surface area contributed by atoms with Crippen LogP contribution in [0.4, 0.5) is 0 Å². The third kappa shape index (κ3) is 4.25. The van der Waals surface area contributed by atoms with Crippen LogP contribution >= 0.6 is 0 Å². The zero-order valence-electron chi connectivity index (χ0n) is 9.39. The van der Waals surface area contributed by atoms with Crippen LogP contribution in [0.15, 0.2) is 0 Å². The van der Waals surface area contributed by atoms with E-state index in [0.29, 0.717) is 6.42 Å². The fourth-order valence-electron chi connectivity index (χ4n) is 1.82. The molecule has 0 saturated heterocycles. The van der Waals surface area contributed by atoms with Crippen LogP contribution in [0.5, 0.6) is 0 Å². The number of carbonyl (C=O) groups excluding carboxylic acids is 2. The molecular formula is C10H20N2O2. The lowest BCUT2D eigenvalue weighted by Crippen LogP contribution is -2.37. The second kappa shape index (κ2) is 3.98. The lowest BCUT2D eigenvalue weighted by atomic mass is 9.73.